The highest BCUT2D eigenvalue weighted by Crippen LogP contribution is 2.37. The summed E-state index contributed by atoms with van der Waals surface area (Å²) in [4.78, 5) is 51.7. The van der Waals surface area contributed by atoms with Gasteiger partial charge in [-0.3, -0.25) is 19.2 Å². The fraction of sp³-hybridized carbons (Fsp3) is 0.515. The molecule has 12 heteroatoms. The Morgan fingerprint density at radius 1 is 0.978 bits per heavy atom. The molecule has 0 bridgehead atoms. The van der Waals surface area contributed by atoms with E-state index in [9.17, 15) is 29.4 Å². The molecule has 3 aliphatic rings. The van der Waals surface area contributed by atoms with Crippen molar-refractivity contribution in [3.05, 3.63) is 56.7 Å². The van der Waals surface area contributed by atoms with E-state index in [1.165, 1.54) is 0 Å². The first-order chi connectivity index (χ1) is 21.2. The predicted octanol–water partition coefficient (Wildman–Crippen LogP) is 4.26. The van der Waals surface area contributed by atoms with Crippen molar-refractivity contribution in [2.45, 2.75) is 84.1 Å². The molecular formula is C33H44N4O6S2. The van der Waals surface area contributed by atoms with Crippen molar-refractivity contribution >= 4 is 61.2 Å². The van der Waals surface area contributed by atoms with E-state index in [1.807, 2.05) is 52.8 Å². The van der Waals surface area contributed by atoms with Gasteiger partial charge in [0.25, 0.3) is 0 Å². The molecule has 4 rings (SSSR count). The van der Waals surface area contributed by atoms with Gasteiger partial charge in [-0.25, -0.2) is 0 Å². The van der Waals surface area contributed by atoms with Gasteiger partial charge in [0.05, 0.1) is 0 Å². The zero-order valence-electron chi connectivity index (χ0n) is 26.4. The number of carboxylic acid groups (broad SMARTS) is 2. The minimum Gasteiger partial charge on any atom is -0.481 e. The molecule has 3 aliphatic heterocycles. The molecule has 244 valence electrons. The number of aliphatic carboxylic acids is 2. The summed E-state index contributed by atoms with van der Waals surface area (Å²) in [6, 6.07) is -0.226. The van der Waals surface area contributed by atoms with Crippen LogP contribution in [0.2, 0.25) is 0 Å². The van der Waals surface area contributed by atoms with E-state index in [0.717, 1.165) is 50.6 Å². The molecule has 0 aliphatic carbocycles. The van der Waals surface area contributed by atoms with E-state index in [0.29, 0.717) is 18.6 Å². The Morgan fingerprint density at radius 2 is 1.64 bits per heavy atom. The summed E-state index contributed by atoms with van der Waals surface area (Å²) in [6.45, 7) is 9.78. The number of hydrogen-bond donors (Lipinski definition) is 8. The van der Waals surface area contributed by atoms with Crippen molar-refractivity contribution in [3.63, 3.8) is 0 Å². The highest BCUT2D eigenvalue weighted by molar-refractivity contribution is 7.81. The number of hydrogen-bond acceptors (Lipinski definition) is 7. The number of carbonyl (C=O) groups is 4. The first kappa shape index (κ1) is 34.5. The standard InChI is InChI=1S/C33H44N4O6S2/c1-15-20(6-8-29(38)39)26(34-23(15)12-25-17(3)22(10-11-44)33(43)36-25)14-27-21(7-9-30(40)41)16(2)24(35-27)13-28-31(19(5)45)18(4)32(42)37-28/h10,13-14,17-19,23,25,31,34-35,44-45H,6-9,11-12H2,1-5H3,(H,36,43)(H,37,42)(H,38,39)(H,40,41)/b22-10-,26-14-,28-13-/t17?,18-,19+,23?,25-,31+/m1/s1. The summed E-state index contributed by atoms with van der Waals surface area (Å²) in [5.41, 5.74) is 7.36. The van der Waals surface area contributed by atoms with Gasteiger partial charge in [-0.05, 0) is 67.5 Å². The Bertz CT molecular complexity index is 1500. The SMILES string of the molecule is CC1=C(CCC(=O)O)/C(=C/c2[nH]c(/C=C3\NC(=O)[C@H](C)[C@H]3[C@H](C)S)c(C)c2CCC(=O)O)NC1C[C@H]1NC(=O)/C(=C\CS)C1C. The lowest BCUT2D eigenvalue weighted by molar-refractivity contribution is -0.138. The topological polar surface area (TPSA) is 161 Å². The maximum absolute atomic E-state index is 12.6. The number of carbonyl (C=O) groups excluding carboxylic acids is 2. The first-order valence-corrected chi connectivity index (χ1v) is 16.5. The van der Waals surface area contributed by atoms with Crippen molar-refractivity contribution in [3.8, 4) is 0 Å². The number of nitrogens with one attached hydrogen (secondary N) is 4. The number of thiol groups is 2. The van der Waals surface area contributed by atoms with Crippen LogP contribution in [0.1, 0.15) is 75.9 Å². The zero-order chi connectivity index (χ0) is 33.2. The fourth-order valence-electron chi connectivity index (χ4n) is 6.81. The molecule has 0 aromatic carbocycles. The molecule has 2 unspecified atom stereocenters. The van der Waals surface area contributed by atoms with Gasteiger partial charge in [-0.15, -0.1) is 0 Å². The molecule has 4 heterocycles. The van der Waals surface area contributed by atoms with Gasteiger partial charge in [0.2, 0.25) is 11.8 Å². The Kier molecular flexibility index (Phi) is 11.0. The molecule has 45 heavy (non-hydrogen) atoms. The van der Waals surface area contributed by atoms with E-state index in [4.69, 9.17) is 0 Å². The molecular weight excluding hydrogens is 613 g/mol. The zero-order valence-corrected chi connectivity index (χ0v) is 28.1. The molecule has 0 spiro atoms. The van der Waals surface area contributed by atoms with Crippen LogP contribution < -0.4 is 16.0 Å². The number of aromatic nitrogens is 1. The number of H-pyrrole nitrogens is 1. The van der Waals surface area contributed by atoms with Crippen LogP contribution in [0, 0.1) is 24.7 Å². The van der Waals surface area contributed by atoms with E-state index in [-0.39, 0.29) is 66.2 Å². The lowest BCUT2D eigenvalue weighted by Gasteiger charge is -2.21. The van der Waals surface area contributed by atoms with E-state index < -0.39 is 11.9 Å². The lowest BCUT2D eigenvalue weighted by atomic mass is 9.90. The van der Waals surface area contributed by atoms with Gasteiger partial charge in [-0.2, -0.15) is 25.3 Å². The second-order valence-electron chi connectivity index (χ2n) is 12.4. The monoisotopic (exact) mass is 656 g/mol. The van der Waals surface area contributed by atoms with Crippen LogP contribution in [-0.4, -0.2) is 62.0 Å². The summed E-state index contributed by atoms with van der Waals surface area (Å²) in [6.07, 6.45) is 6.81. The molecule has 6 N–H and O–H groups in total. The van der Waals surface area contributed by atoms with Gasteiger partial charge in [0.15, 0.2) is 0 Å². The minimum atomic E-state index is -0.911. The van der Waals surface area contributed by atoms with E-state index >= 15 is 0 Å². The number of rotatable bonds is 12. The van der Waals surface area contributed by atoms with Crippen molar-refractivity contribution in [1.82, 2.24) is 20.9 Å². The molecule has 2 amide bonds. The Labute approximate surface area is 275 Å². The fourth-order valence-corrected chi connectivity index (χ4v) is 7.43. The predicted molar refractivity (Wildman–Crippen MR) is 181 cm³/mol. The van der Waals surface area contributed by atoms with Gasteiger partial charge in [0.1, 0.15) is 0 Å². The van der Waals surface area contributed by atoms with Crippen molar-refractivity contribution in [2.24, 2.45) is 17.8 Å². The summed E-state index contributed by atoms with van der Waals surface area (Å²) >= 11 is 8.88. The van der Waals surface area contributed by atoms with Crippen LogP contribution >= 0.6 is 25.3 Å². The maximum atomic E-state index is 12.6. The van der Waals surface area contributed by atoms with Crippen LogP contribution in [-0.2, 0) is 25.6 Å². The molecule has 1 aromatic rings. The second kappa shape index (κ2) is 14.4. The van der Waals surface area contributed by atoms with E-state index in [2.05, 4.69) is 46.2 Å². The molecule has 0 radical (unpaired) electrons. The third-order valence-corrected chi connectivity index (χ3v) is 9.95. The summed E-state index contributed by atoms with van der Waals surface area (Å²) in [5, 5.41) is 28.6. The van der Waals surface area contributed by atoms with Gasteiger partial charge in [0, 0.05) is 82.0 Å². The summed E-state index contributed by atoms with van der Waals surface area (Å²) in [7, 11) is 0. The quantitative estimate of drug-likeness (QED) is 0.123. The van der Waals surface area contributed by atoms with E-state index in [1.54, 1.807) is 0 Å². The highest BCUT2D eigenvalue weighted by Gasteiger charge is 2.39. The smallest absolute Gasteiger partial charge is 0.303 e. The molecule has 1 aromatic heterocycles. The molecule has 2 saturated heterocycles. The third kappa shape index (κ3) is 7.54. The second-order valence-corrected chi connectivity index (χ2v) is 13.5. The average Bonchev–Trinajstić information content (AvgIpc) is 3.60. The minimum absolute atomic E-state index is 0.00150. The molecule has 10 nitrogen and oxygen atoms in total. The van der Waals surface area contributed by atoms with Crippen molar-refractivity contribution in [2.75, 3.05) is 5.75 Å². The molecule has 0 saturated carbocycles. The van der Waals surface area contributed by atoms with Crippen LogP contribution in [0.5, 0.6) is 0 Å². The van der Waals surface area contributed by atoms with Crippen molar-refractivity contribution < 1.29 is 29.4 Å². The molecule has 2 fully saturated rings. The largest absolute Gasteiger partial charge is 0.481 e. The van der Waals surface area contributed by atoms with Crippen LogP contribution in [0.15, 0.2) is 34.2 Å². The maximum Gasteiger partial charge on any atom is 0.303 e. The van der Waals surface area contributed by atoms with Crippen LogP contribution in [0.3, 0.4) is 0 Å². The van der Waals surface area contributed by atoms with Gasteiger partial charge >= 0.3 is 11.9 Å². The Hall–Kier alpha value is -3.38. The van der Waals surface area contributed by atoms with Crippen molar-refractivity contribution in [1.29, 1.82) is 0 Å². The third-order valence-electron chi connectivity index (χ3n) is 9.44. The molecule has 6 atom stereocenters. The lowest BCUT2D eigenvalue weighted by Crippen LogP contribution is -2.36. The Morgan fingerprint density at radius 3 is 2.27 bits per heavy atom. The number of aromatic amines is 1. The first-order valence-electron chi connectivity index (χ1n) is 15.4. The van der Waals surface area contributed by atoms with Crippen LogP contribution in [0.25, 0.3) is 12.2 Å². The average molecular weight is 657 g/mol. The summed E-state index contributed by atoms with van der Waals surface area (Å²) in [5.74, 6) is -1.80. The number of carboxylic acids is 2. The van der Waals surface area contributed by atoms with Crippen LogP contribution in [0.4, 0.5) is 0 Å². The number of amides is 2. The van der Waals surface area contributed by atoms with Gasteiger partial charge < -0.3 is 31.1 Å². The highest BCUT2D eigenvalue weighted by atomic mass is 32.1. The normalized spacial score (nSPS) is 28.2. The summed E-state index contributed by atoms with van der Waals surface area (Å²) < 4.78 is 0. The number of allylic oxidation sites excluding steroid dienone is 2. The van der Waals surface area contributed by atoms with Gasteiger partial charge in [-0.1, -0.05) is 26.8 Å². The Balaban J connectivity index is 1.73.